The Morgan fingerprint density at radius 1 is 1.20 bits per heavy atom. The molecule has 0 radical (unpaired) electrons. The lowest BCUT2D eigenvalue weighted by Crippen LogP contribution is -2.37. The zero-order valence-corrected chi connectivity index (χ0v) is 14.4. The van der Waals surface area contributed by atoms with Gasteiger partial charge >= 0.3 is 0 Å². The molecule has 0 aliphatic carbocycles. The van der Waals surface area contributed by atoms with Gasteiger partial charge in [-0.3, -0.25) is 4.79 Å². The standard InChI is InChI=1S/C21H22N2O2/c1-25-16-10-11-19-17(12-16)18(13-22-19)20-8-5-9-21(24)23(20)14-15-6-3-2-4-7-15/h2-4,6-7,10-13,20,22H,5,8-9,14H2,1H3/t20-/m1/s1. The summed E-state index contributed by atoms with van der Waals surface area (Å²) in [5.41, 5.74) is 3.42. The second kappa shape index (κ2) is 6.63. The van der Waals surface area contributed by atoms with E-state index in [0.717, 1.165) is 29.5 Å². The molecular weight excluding hydrogens is 312 g/mol. The molecule has 1 amide bonds. The summed E-state index contributed by atoms with van der Waals surface area (Å²) >= 11 is 0. The summed E-state index contributed by atoms with van der Waals surface area (Å²) in [6.07, 6.45) is 4.61. The summed E-state index contributed by atoms with van der Waals surface area (Å²) in [6.45, 7) is 0.654. The largest absolute Gasteiger partial charge is 0.497 e. The number of H-pyrrole nitrogens is 1. The second-order valence-corrected chi connectivity index (χ2v) is 6.57. The van der Waals surface area contributed by atoms with Gasteiger partial charge in [0.15, 0.2) is 0 Å². The van der Waals surface area contributed by atoms with Crippen LogP contribution in [0.25, 0.3) is 10.9 Å². The molecule has 4 heteroatoms. The Morgan fingerprint density at radius 3 is 2.84 bits per heavy atom. The SMILES string of the molecule is COc1ccc2[nH]cc([C@H]3CCCC(=O)N3Cc3ccccc3)c2c1. The second-order valence-electron chi connectivity index (χ2n) is 6.57. The molecule has 1 aliphatic rings. The number of nitrogens with zero attached hydrogens (tertiary/aromatic N) is 1. The minimum atomic E-state index is 0.0994. The van der Waals surface area contributed by atoms with E-state index in [9.17, 15) is 4.79 Å². The summed E-state index contributed by atoms with van der Waals surface area (Å²) in [4.78, 5) is 18.0. The Morgan fingerprint density at radius 2 is 2.04 bits per heavy atom. The van der Waals surface area contributed by atoms with E-state index in [1.807, 2.05) is 41.4 Å². The number of nitrogens with one attached hydrogen (secondary N) is 1. The molecule has 1 saturated heterocycles. The Balaban J connectivity index is 1.72. The number of ether oxygens (including phenoxy) is 1. The van der Waals surface area contributed by atoms with Gasteiger partial charge in [0.25, 0.3) is 0 Å². The fourth-order valence-electron chi connectivity index (χ4n) is 3.75. The molecule has 0 unspecified atom stereocenters. The summed E-state index contributed by atoms with van der Waals surface area (Å²) < 4.78 is 5.38. The number of methoxy groups -OCH3 is 1. The number of rotatable bonds is 4. The van der Waals surface area contributed by atoms with Crippen molar-refractivity contribution < 1.29 is 9.53 Å². The van der Waals surface area contributed by atoms with Gasteiger partial charge in [0, 0.05) is 35.6 Å². The first-order valence-corrected chi connectivity index (χ1v) is 8.74. The lowest BCUT2D eigenvalue weighted by atomic mass is 9.93. The number of amides is 1. The molecule has 1 atom stereocenters. The topological polar surface area (TPSA) is 45.3 Å². The van der Waals surface area contributed by atoms with Gasteiger partial charge < -0.3 is 14.6 Å². The number of carbonyl (C=O) groups is 1. The van der Waals surface area contributed by atoms with Gasteiger partial charge in [0.05, 0.1) is 13.2 Å². The number of carbonyl (C=O) groups excluding carboxylic acids is 1. The maximum absolute atomic E-state index is 12.7. The molecule has 2 aromatic carbocycles. The van der Waals surface area contributed by atoms with Crippen LogP contribution in [0.4, 0.5) is 0 Å². The molecule has 3 aromatic rings. The van der Waals surface area contributed by atoms with Crippen LogP contribution in [0.1, 0.15) is 36.4 Å². The first kappa shape index (κ1) is 15.8. The van der Waals surface area contributed by atoms with Gasteiger partial charge in [-0.15, -0.1) is 0 Å². The number of hydrogen-bond acceptors (Lipinski definition) is 2. The van der Waals surface area contributed by atoms with Crippen LogP contribution >= 0.6 is 0 Å². The first-order valence-electron chi connectivity index (χ1n) is 8.74. The van der Waals surface area contributed by atoms with Crippen molar-refractivity contribution >= 4 is 16.8 Å². The molecule has 1 fully saturated rings. The van der Waals surface area contributed by atoms with Crippen molar-refractivity contribution in [2.45, 2.75) is 31.8 Å². The number of aromatic amines is 1. The Bertz CT molecular complexity index is 885. The molecular formula is C21H22N2O2. The van der Waals surface area contributed by atoms with Crippen LogP contribution in [0, 0.1) is 0 Å². The van der Waals surface area contributed by atoms with E-state index in [-0.39, 0.29) is 11.9 Å². The quantitative estimate of drug-likeness (QED) is 0.767. The summed E-state index contributed by atoms with van der Waals surface area (Å²) in [7, 11) is 1.68. The van der Waals surface area contributed by atoms with E-state index in [0.29, 0.717) is 13.0 Å². The van der Waals surface area contributed by atoms with Crippen LogP contribution < -0.4 is 4.74 Å². The highest BCUT2D eigenvalue weighted by atomic mass is 16.5. The van der Waals surface area contributed by atoms with E-state index in [4.69, 9.17) is 4.74 Å². The van der Waals surface area contributed by atoms with Crippen molar-refractivity contribution in [3.05, 3.63) is 65.9 Å². The van der Waals surface area contributed by atoms with Crippen LogP contribution in [0.3, 0.4) is 0 Å². The van der Waals surface area contributed by atoms with E-state index < -0.39 is 0 Å². The van der Waals surface area contributed by atoms with Crippen LogP contribution in [0.2, 0.25) is 0 Å². The monoisotopic (exact) mass is 334 g/mol. The predicted octanol–water partition coefficient (Wildman–Crippen LogP) is 4.43. The van der Waals surface area contributed by atoms with Crippen LogP contribution in [0.5, 0.6) is 5.75 Å². The number of fused-ring (bicyclic) bond motifs is 1. The number of aromatic nitrogens is 1. The van der Waals surface area contributed by atoms with Crippen LogP contribution in [-0.2, 0) is 11.3 Å². The molecule has 0 spiro atoms. The minimum absolute atomic E-state index is 0.0994. The van der Waals surface area contributed by atoms with Crippen molar-refractivity contribution in [1.29, 1.82) is 0 Å². The van der Waals surface area contributed by atoms with E-state index in [2.05, 4.69) is 23.2 Å². The first-order chi connectivity index (χ1) is 12.3. The molecule has 25 heavy (non-hydrogen) atoms. The Labute approximate surface area is 147 Å². The Kier molecular flexibility index (Phi) is 4.18. The summed E-state index contributed by atoms with van der Waals surface area (Å²) in [5, 5.41) is 1.14. The summed E-state index contributed by atoms with van der Waals surface area (Å²) in [5.74, 6) is 1.07. The average molecular weight is 334 g/mol. The maximum Gasteiger partial charge on any atom is 0.223 e. The van der Waals surface area contributed by atoms with Gasteiger partial charge in [-0.05, 0) is 36.6 Å². The van der Waals surface area contributed by atoms with E-state index in [1.165, 1.54) is 11.1 Å². The van der Waals surface area contributed by atoms with Crippen molar-refractivity contribution in [3.8, 4) is 5.75 Å². The third kappa shape index (κ3) is 3.00. The molecule has 4 rings (SSSR count). The smallest absolute Gasteiger partial charge is 0.223 e. The third-order valence-electron chi connectivity index (χ3n) is 5.04. The normalized spacial score (nSPS) is 17.9. The van der Waals surface area contributed by atoms with Crippen molar-refractivity contribution in [1.82, 2.24) is 9.88 Å². The van der Waals surface area contributed by atoms with Gasteiger partial charge in [0.1, 0.15) is 5.75 Å². The molecule has 1 aromatic heterocycles. The lowest BCUT2D eigenvalue weighted by molar-refractivity contribution is -0.137. The fourth-order valence-corrected chi connectivity index (χ4v) is 3.75. The molecule has 4 nitrogen and oxygen atoms in total. The van der Waals surface area contributed by atoms with Crippen molar-refractivity contribution in [2.24, 2.45) is 0 Å². The van der Waals surface area contributed by atoms with Gasteiger partial charge in [-0.1, -0.05) is 30.3 Å². The van der Waals surface area contributed by atoms with E-state index >= 15 is 0 Å². The zero-order chi connectivity index (χ0) is 17.2. The predicted molar refractivity (Wildman–Crippen MR) is 98.4 cm³/mol. The van der Waals surface area contributed by atoms with Gasteiger partial charge in [-0.2, -0.15) is 0 Å². The molecule has 0 bridgehead atoms. The minimum Gasteiger partial charge on any atom is -0.497 e. The zero-order valence-electron chi connectivity index (χ0n) is 14.4. The number of likely N-dealkylation sites (tertiary alicyclic amines) is 1. The van der Waals surface area contributed by atoms with Crippen LogP contribution in [-0.4, -0.2) is 22.9 Å². The maximum atomic E-state index is 12.7. The van der Waals surface area contributed by atoms with Crippen molar-refractivity contribution in [2.75, 3.05) is 7.11 Å². The van der Waals surface area contributed by atoms with Crippen LogP contribution in [0.15, 0.2) is 54.7 Å². The number of benzene rings is 2. The van der Waals surface area contributed by atoms with Gasteiger partial charge in [-0.25, -0.2) is 0 Å². The Hall–Kier alpha value is -2.75. The molecule has 2 heterocycles. The molecule has 0 saturated carbocycles. The molecule has 1 N–H and O–H groups in total. The lowest BCUT2D eigenvalue weighted by Gasteiger charge is -2.36. The van der Waals surface area contributed by atoms with Crippen molar-refractivity contribution in [3.63, 3.8) is 0 Å². The highest BCUT2D eigenvalue weighted by Gasteiger charge is 2.30. The highest BCUT2D eigenvalue weighted by molar-refractivity contribution is 5.86. The average Bonchev–Trinajstić information content (AvgIpc) is 3.07. The summed E-state index contributed by atoms with van der Waals surface area (Å²) in [6, 6.07) is 16.4. The molecule has 128 valence electrons. The number of hydrogen-bond donors (Lipinski definition) is 1. The highest BCUT2D eigenvalue weighted by Crippen LogP contribution is 2.37. The molecule has 1 aliphatic heterocycles. The number of piperidine rings is 1. The van der Waals surface area contributed by atoms with E-state index in [1.54, 1.807) is 7.11 Å². The fraction of sp³-hybridized carbons (Fsp3) is 0.286. The van der Waals surface area contributed by atoms with Gasteiger partial charge in [0.2, 0.25) is 5.91 Å². The third-order valence-corrected chi connectivity index (χ3v) is 5.04.